The highest BCUT2D eigenvalue weighted by molar-refractivity contribution is 7.09. The summed E-state index contributed by atoms with van der Waals surface area (Å²) in [4.78, 5) is 5.79. The zero-order valence-corrected chi connectivity index (χ0v) is 12.6. The van der Waals surface area contributed by atoms with Gasteiger partial charge in [0.15, 0.2) is 0 Å². The molecule has 0 aliphatic rings. The fraction of sp³-hybridized carbons (Fsp3) is 0.167. The van der Waals surface area contributed by atoms with Crippen LogP contribution in [0.1, 0.15) is 16.1 Å². The van der Waals surface area contributed by atoms with E-state index in [1.165, 1.54) is 10.4 Å². The van der Waals surface area contributed by atoms with Gasteiger partial charge in [0, 0.05) is 23.4 Å². The molecule has 0 amide bonds. The number of rotatable bonds is 6. The van der Waals surface area contributed by atoms with Gasteiger partial charge in [0.25, 0.3) is 0 Å². The Morgan fingerprint density at radius 3 is 2.57 bits per heavy atom. The number of pyridine rings is 1. The van der Waals surface area contributed by atoms with Crippen molar-refractivity contribution in [2.45, 2.75) is 12.8 Å². The van der Waals surface area contributed by atoms with E-state index in [1.807, 2.05) is 24.4 Å². The first-order chi connectivity index (χ1) is 10.4. The van der Waals surface area contributed by atoms with Crippen LogP contribution in [-0.4, -0.2) is 11.6 Å². The summed E-state index contributed by atoms with van der Waals surface area (Å²) in [6.07, 6.45) is 3.62. The van der Waals surface area contributed by atoms with Gasteiger partial charge < -0.3 is 4.74 Å². The van der Waals surface area contributed by atoms with Crippen molar-refractivity contribution in [3.63, 3.8) is 0 Å². The van der Waals surface area contributed by atoms with Crippen molar-refractivity contribution in [2.24, 2.45) is 0 Å². The highest BCUT2D eigenvalue weighted by Gasteiger charge is 2.00. The Morgan fingerprint density at radius 2 is 1.86 bits per heavy atom. The van der Waals surface area contributed by atoms with Crippen LogP contribution in [0, 0.1) is 0 Å². The second kappa shape index (κ2) is 7.04. The van der Waals surface area contributed by atoms with E-state index in [9.17, 15) is 0 Å². The summed E-state index contributed by atoms with van der Waals surface area (Å²) in [6.45, 7) is 0.677. The molecule has 0 N–H and O–H groups in total. The van der Waals surface area contributed by atoms with Gasteiger partial charge >= 0.3 is 0 Å². The van der Waals surface area contributed by atoms with Crippen LogP contribution in [0.4, 0.5) is 0 Å². The molecule has 0 saturated heterocycles. The van der Waals surface area contributed by atoms with Crippen LogP contribution in [0.3, 0.4) is 0 Å². The van der Waals surface area contributed by atoms with Gasteiger partial charge in [0.2, 0.25) is 0 Å². The van der Waals surface area contributed by atoms with E-state index < -0.39 is 0 Å². The summed E-state index contributed by atoms with van der Waals surface area (Å²) in [5, 5.41) is 2.09. The van der Waals surface area contributed by atoms with E-state index in [2.05, 4.69) is 46.8 Å². The molecule has 2 heterocycles. The number of aromatic nitrogens is 1. The second-order valence-corrected chi connectivity index (χ2v) is 5.86. The molecule has 3 rings (SSSR count). The lowest BCUT2D eigenvalue weighted by atomic mass is 10.2. The molecule has 0 fully saturated rings. The maximum absolute atomic E-state index is 5.74. The maximum Gasteiger partial charge on any atom is 0.137 e. The van der Waals surface area contributed by atoms with Gasteiger partial charge in [-0.2, -0.15) is 0 Å². The Balaban J connectivity index is 1.50. The first kappa shape index (κ1) is 13.8. The SMILES string of the molecule is c1ccc(CCOc2ccc(Cc3cccs3)nc2)cc1. The van der Waals surface area contributed by atoms with Crippen molar-refractivity contribution >= 4 is 11.3 Å². The Morgan fingerprint density at radius 1 is 0.952 bits per heavy atom. The Kier molecular flexibility index (Phi) is 4.64. The van der Waals surface area contributed by atoms with E-state index in [1.54, 1.807) is 11.3 Å². The molecule has 0 unspecified atom stereocenters. The normalized spacial score (nSPS) is 10.5. The van der Waals surface area contributed by atoms with Crippen molar-refractivity contribution in [1.29, 1.82) is 0 Å². The minimum Gasteiger partial charge on any atom is -0.492 e. The number of hydrogen-bond donors (Lipinski definition) is 0. The first-order valence-corrected chi connectivity index (χ1v) is 7.92. The quantitative estimate of drug-likeness (QED) is 0.674. The van der Waals surface area contributed by atoms with E-state index in [0.29, 0.717) is 6.61 Å². The molecule has 0 aliphatic heterocycles. The summed E-state index contributed by atoms with van der Waals surface area (Å²) in [6, 6.07) is 18.6. The predicted octanol–water partition coefficient (Wildman–Crippen LogP) is 4.36. The zero-order valence-electron chi connectivity index (χ0n) is 11.7. The van der Waals surface area contributed by atoms with Crippen molar-refractivity contribution in [2.75, 3.05) is 6.61 Å². The Bertz CT molecular complexity index is 647. The lowest BCUT2D eigenvalue weighted by molar-refractivity contribution is 0.320. The molecular weight excluding hydrogens is 278 g/mol. The number of ether oxygens (including phenoxy) is 1. The molecule has 21 heavy (non-hydrogen) atoms. The molecule has 1 aromatic carbocycles. The van der Waals surface area contributed by atoms with Gasteiger partial charge in [-0.3, -0.25) is 4.98 Å². The summed E-state index contributed by atoms with van der Waals surface area (Å²) in [7, 11) is 0. The van der Waals surface area contributed by atoms with Gasteiger partial charge in [0.1, 0.15) is 5.75 Å². The maximum atomic E-state index is 5.74. The molecule has 0 radical (unpaired) electrons. The fourth-order valence-electron chi connectivity index (χ4n) is 2.12. The number of nitrogens with zero attached hydrogens (tertiary/aromatic N) is 1. The lowest BCUT2D eigenvalue weighted by Gasteiger charge is -2.06. The molecule has 0 bridgehead atoms. The van der Waals surface area contributed by atoms with Crippen molar-refractivity contribution in [3.8, 4) is 5.75 Å². The van der Waals surface area contributed by atoms with Crippen LogP contribution in [0.25, 0.3) is 0 Å². The Labute approximate surface area is 129 Å². The molecule has 2 nitrogen and oxygen atoms in total. The van der Waals surface area contributed by atoms with Crippen LogP contribution < -0.4 is 4.74 Å². The molecule has 0 atom stereocenters. The Hall–Kier alpha value is -2.13. The summed E-state index contributed by atoms with van der Waals surface area (Å²) < 4.78 is 5.74. The second-order valence-electron chi connectivity index (χ2n) is 4.83. The smallest absolute Gasteiger partial charge is 0.137 e. The van der Waals surface area contributed by atoms with Crippen molar-refractivity contribution < 1.29 is 4.74 Å². The predicted molar refractivity (Wildman–Crippen MR) is 87.0 cm³/mol. The summed E-state index contributed by atoms with van der Waals surface area (Å²) in [5.74, 6) is 0.834. The topological polar surface area (TPSA) is 22.1 Å². The molecule has 0 spiro atoms. The minimum atomic E-state index is 0.677. The van der Waals surface area contributed by atoms with Crippen LogP contribution in [0.5, 0.6) is 5.75 Å². The fourth-order valence-corrected chi connectivity index (χ4v) is 2.84. The summed E-state index contributed by atoms with van der Waals surface area (Å²) in [5.41, 5.74) is 2.37. The van der Waals surface area contributed by atoms with Gasteiger partial charge in [-0.25, -0.2) is 0 Å². The first-order valence-electron chi connectivity index (χ1n) is 7.04. The zero-order chi connectivity index (χ0) is 14.3. The van der Waals surface area contributed by atoms with Gasteiger partial charge in [-0.1, -0.05) is 36.4 Å². The monoisotopic (exact) mass is 295 g/mol. The number of hydrogen-bond acceptors (Lipinski definition) is 3. The van der Waals surface area contributed by atoms with E-state index >= 15 is 0 Å². The minimum absolute atomic E-state index is 0.677. The van der Waals surface area contributed by atoms with Crippen molar-refractivity contribution in [3.05, 3.63) is 82.3 Å². The van der Waals surface area contributed by atoms with E-state index in [0.717, 1.165) is 24.3 Å². The third-order valence-electron chi connectivity index (χ3n) is 3.24. The van der Waals surface area contributed by atoms with Crippen LogP contribution >= 0.6 is 11.3 Å². The average Bonchev–Trinajstić information content (AvgIpc) is 3.03. The molecule has 0 saturated carbocycles. The number of thiophene rings is 1. The van der Waals surface area contributed by atoms with Crippen molar-refractivity contribution in [1.82, 2.24) is 4.98 Å². The summed E-state index contributed by atoms with van der Waals surface area (Å²) >= 11 is 1.76. The third kappa shape index (κ3) is 4.17. The molecular formula is C18H17NOS. The van der Waals surface area contributed by atoms with Gasteiger partial charge in [0.05, 0.1) is 12.8 Å². The third-order valence-corrected chi connectivity index (χ3v) is 4.11. The average molecular weight is 295 g/mol. The number of benzene rings is 1. The van der Waals surface area contributed by atoms with E-state index in [4.69, 9.17) is 4.74 Å². The highest BCUT2D eigenvalue weighted by atomic mass is 32.1. The largest absolute Gasteiger partial charge is 0.492 e. The molecule has 2 aromatic heterocycles. The standard InChI is InChI=1S/C18H17NOS/c1-2-5-15(6-3-1)10-11-20-17-9-8-16(19-14-17)13-18-7-4-12-21-18/h1-9,12,14H,10-11,13H2. The van der Waals surface area contributed by atoms with E-state index in [-0.39, 0.29) is 0 Å². The van der Waals surface area contributed by atoms with Crippen LogP contribution in [-0.2, 0) is 12.8 Å². The molecule has 0 aliphatic carbocycles. The van der Waals surface area contributed by atoms with Gasteiger partial charge in [-0.05, 0) is 29.1 Å². The molecule has 3 heteroatoms. The van der Waals surface area contributed by atoms with Crippen LogP contribution in [0.15, 0.2) is 66.2 Å². The van der Waals surface area contributed by atoms with Crippen LogP contribution in [0.2, 0.25) is 0 Å². The highest BCUT2D eigenvalue weighted by Crippen LogP contribution is 2.16. The lowest BCUT2D eigenvalue weighted by Crippen LogP contribution is -2.02. The van der Waals surface area contributed by atoms with Gasteiger partial charge in [-0.15, -0.1) is 11.3 Å². The molecule has 106 valence electrons. The molecule has 3 aromatic rings.